The van der Waals surface area contributed by atoms with Crippen molar-refractivity contribution in [3.8, 4) is 0 Å². The van der Waals surface area contributed by atoms with Crippen LogP contribution in [0.25, 0.3) is 0 Å². The summed E-state index contributed by atoms with van der Waals surface area (Å²) in [6.07, 6.45) is 0. The lowest BCUT2D eigenvalue weighted by Gasteiger charge is -2.07. The molecular formula is C9H8F2N2O4. The molecule has 0 aliphatic carbocycles. The number of hydrogen-bond acceptors (Lipinski definition) is 5. The highest BCUT2D eigenvalue weighted by molar-refractivity contribution is 5.76. The molecule has 1 aromatic carbocycles. The van der Waals surface area contributed by atoms with Crippen molar-refractivity contribution in [1.29, 1.82) is 0 Å². The molecule has 0 bridgehead atoms. The predicted octanol–water partition coefficient (Wildman–Crippen LogP) is 1.46. The number of methoxy groups -OCH3 is 1. The molecule has 0 aromatic heterocycles. The molecule has 0 aliphatic heterocycles. The number of nitro groups is 1. The average Bonchev–Trinajstić information content (AvgIpc) is 2.26. The van der Waals surface area contributed by atoms with E-state index < -0.39 is 40.4 Å². The van der Waals surface area contributed by atoms with Gasteiger partial charge in [0, 0.05) is 6.07 Å². The number of nitrogens with zero attached hydrogens (tertiary/aromatic N) is 1. The fourth-order valence-corrected chi connectivity index (χ4v) is 1.11. The Bertz CT molecular complexity index is 465. The van der Waals surface area contributed by atoms with Gasteiger partial charge >= 0.3 is 5.97 Å². The third-order valence-electron chi connectivity index (χ3n) is 1.87. The summed E-state index contributed by atoms with van der Waals surface area (Å²) in [5.74, 6) is -2.96. The Hall–Kier alpha value is -2.25. The fraction of sp³-hybridized carbons (Fsp3) is 0.222. The number of nitrogens with one attached hydrogen (secondary N) is 1. The van der Waals surface area contributed by atoms with Crippen LogP contribution >= 0.6 is 0 Å². The van der Waals surface area contributed by atoms with E-state index in [9.17, 15) is 23.7 Å². The molecule has 1 aromatic rings. The van der Waals surface area contributed by atoms with E-state index in [1.807, 2.05) is 0 Å². The maximum atomic E-state index is 13.3. The molecule has 17 heavy (non-hydrogen) atoms. The minimum Gasteiger partial charge on any atom is -0.468 e. The van der Waals surface area contributed by atoms with Gasteiger partial charge in [-0.05, 0) is 0 Å². The molecule has 1 N–H and O–H groups in total. The van der Waals surface area contributed by atoms with Crippen LogP contribution in [0.5, 0.6) is 0 Å². The quantitative estimate of drug-likeness (QED) is 0.494. The van der Waals surface area contributed by atoms with Crippen molar-refractivity contribution in [2.24, 2.45) is 0 Å². The Morgan fingerprint density at radius 2 is 2.18 bits per heavy atom. The van der Waals surface area contributed by atoms with Gasteiger partial charge in [-0.25, -0.2) is 8.78 Å². The smallest absolute Gasteiger partial charge is 0.325 e. The lowest BCUT2D eigenvalue weighted by Crippen LogP contribution is -2.16. The van der Waals surface area contributed by atoms with Gasteiger partial charge in [0.25, 0.3) is 5.69 Å². The summed E-state index contributed by atoms with van der Waals surface area (Å²) in [4.78, 5) is 20.4. The molecule has 0 aliphatic rings. The van der Waals surface area contributed by atoms with Crippen LogP contribution in [0.15, 0.2) is 12.1 Å². The molecule has 6 nitrogen and oxygen atoms in total. The van der Waals surface area contributed by atoms with E-state index in [2.05, 4.69) is 10.1 Å². The summed E-state index contributed by atoms with van der Waals surface area (Å²) < 4.78 is 30.3. The van der Waals surface area contributed by atoms with Crippen LogP contribution in [-0.2, 0) is 9.53 Å². The third-order valence-corrected chi connectivity index (χ3v) is 1.87. The Balaban J connectivity index is 3.04. The van der Waals surface area contributed by atoms with Crippen LogP contribution < -0.4 is 5.32 Å². The van der Waals surface area contributed by atoms with Gasteiger partial charge in [-0.3, -0.25) is 14.9 Å². The van der Waals surface area contributed by atoms with Gasteiger partial charge in [0.05, 0.1) is 18.1 Å². The molecule has 0 heterocycles. The van der Waals surface area contributed by atoms with Crippen molar-refractivity contribution >= 4 is 17.3 Å². The molecule has 0 unspecified atom stereocenters. The highest BCUT2D eigenvalue weighted by Gasteiger charge is 2.20. The zero-order chi connectivity index (χ0) is 13.0. The zero-order valence-corrected chi connectivity index (χ0v) is 8.70. The first-order chi connectivity index (χ1) is 7.95. The molecular weight excluding hydrogens is 238 g/mol. The van der Waals surface area contributed by atoms with E-state index >= 15 is 0 Å². The van der Waals surface area contributed by atoms with E-state index in [1.54, 1.807) is 0 Å². The van der Waals surface area contributed by atoms with Gasteiger partial charge in [0.1, 0.15) is 18.0 Å². The number of benzene rings is 1. The van der Waals surface area contributed by atoms with Gasteiger partial charge < -0.3 is 10.1 Å². The summed E-state index contributed by atoms with van der Waals surface area (Å²) in [5, 5.41) is 12.7. The second-order valence-electron chi connectivity index (χ2n) is 2.97. The molecule has 92 valence electrons. The van der Waals surface area contributed by atoms with Crippen molar-refractivity contribution in [1.82, 2.24) is 0 Å². The number of carbonyl (C=O) groups is 1. The van der Waals surface area contributed by atoms with Crippen molar-refractivity contribution in [2.75, 3.05) is 19.0 Å². The monoisotopic (exact) mass is 246 g/mol. The van der Waals surface area contributed by atoms with Crippen LogP contribution in [0.3, 0.4) is 0 Å². The average molecular weight is 246 g/mol. The lowest BCUT2D eigenvalue weighted by molar-refractivity contribution is -0.384. The van der Waals surface area contributed by atoms with Gasteiger partial charge in [-0.1, -0.05) is 0 Å². The zero-order valence-electron chi connectivity index (χ0n) is 8.70. The highest BCUT2D eigenvalue weighted by Crippen LogP contribution is 2.28. The number of carbonyl (C=O) groups excluding carboxylic acids is 1. The Labute approximate surface area is 94.3 Å². The van der Waals surface area contributed by atoms with E-state index in [0.29, 0.717) is 12.1 Å². The van der Waals surface area contributed by atoms with Gasteiger partial charge in [0.15, 0.2) is 5.82 Å². The normalized spacial score (nSPS) is 9.82. The number of hydrogen-bond donors (Lipinski definition) is 1. The summed E-state index contributed by atoms with van der Waals surface area (Å²) in [6.45, 7) is -0.458. The van der Waals surface area contributed by atoms with E-state index in [4.69, 9.17) is 0 Å². The topological polar surface area (TPSA) is 81.5 Å². The first-order valence-corrected chi connectivity index (χ1v) is 4.40. The summed E-state index contributed by atoms with van der Waals surface area (Å²) in [5.41, 5.74) is -1.34. The molecule has 0 atom stereocenters. The Morgan fingerprint density at radius 1 is 1.53 bits per heavy atom. The Kier molecular flexibility index (Phi) is 3.91. The number of esters is 1. The van der Waals surface area contributed by atoms with Crippen molar-refractivity contribution in [3.63, 3.8) is 0 Å². The maximum Gasteiger partial charge on any atom is 0.325 e. The third kappa shape index (κ3) is 3.10. The van der Waals surface area contributed by atoms with E-state index in [1.165, 1.54) is 0 Å². The van der Waals surface area contributed by atoms with Crippen LogP contribution in [0.4, 0.5) is 20.2 Å². The van der Waals surface area contributed by atoms with Crippen molar-refractivity contribution < 1.29 is 23.2 Å². The number of halogens is 2. The van der Waals surface area contributed by atoms with Crippen LogP contribution in [0, 0.1) is 21.7 Å². The minimum atomic E-state index is -1.15. The molecule has 8 heteroatoms. The molecule has 0 saturated heterocycles. The largest absolute Gasteiger partial charge is 0.468 e. The highest BCUT2D eigenvalue weighted by atomic mass is 19.1. The van der Waals surface area contributed by atoms with Gasteiger partial charge in [0.2, 0.25) is 0 Å². The first kappa shape index (κ1) is 12.8. The summed E-state index contributed by atoms with van der Waals surface area (Å²) in [6, 6.07) is 1.04. The van der Waals surface area contributed by atoms with Crippen LogP contribution in [0.1, 0.15) is 0 Å². The number of nitro benzene ring substituents is 1. The van der Waals surface area contributed by atoms with Crippen molar-refractivity contribution in [3.05, 3.63) is 33.9 Å². The van der Waals surface area contributed by atoms with E-state index in [-0.39, 0.29) is 0 Å². The minimum absolute atomic E-state index is 0.458. The lowest BCUT2D eigenvalue weighted by atomic mass is 10.2. The molecule has 0 spiro atoms. The Morgan fingerprint density at radius 3 is 2.71 bits per heavy atom. The molecule has 0 saturated carbocycles. The first-order valence-electron chi connectivity index (χ1n) is 4.40. The molecule has 0 radical (unpaired) electrons. The second kappa shape index (κ2) is 5.19. The molecule has 0 fully saturated rings. The maximum absolute atomic E-state index is 13.3. The predicted molar refractivity (Wildman–Crippen MR) is 53.5 cm³/mol. The van der Waals surface area contributed by atoms with Gasteiger partial charge in [-0.15, -0.1) is 0 Å². The standard InChI is InChI=1S/C9H8F2N2O4/c1-17-8(14)4-12-9-6(11)2-5(10)3-7(9)13(15)16/h2-3,12H,4H2,1H3. The SMILES string of the molecule is COC(=O)CNc1c(F)cc(F)cc1[N+](=O)[O-]. The van der Waals surface area contributed by atoms with Gasteiger partial charge in [-0.2, -0.15) is 0 Å². The van der Waals surface area contributed by atoms with Crippen molar-refractivity contribution in [2.45, 2.75) is 0 Å². The van der Waals surface area contributed by atoms with Crippen LogP contribution in [-0.4, -0.2) is 24.5 Å². The summed E-state index contributed by atoms with van der Waals surface area (Å²) in [7, 11) is 1.11. The van der Waals surface area contributed by atoms with Crippen LogP contribution in [0.2, 0.25) is 0 Å². The fourth-order valence-electron chi connectivity index (χ4n) is 1.11. The second-order valence-corrected chi connectivity index (χ2v) is 2.97. The summed E-state index contributed by atoms with van der Waals surface area (Å²) >= 11 is 0. The molecule has 1 rings (SSSR count). The van der Waals surface area contributed by atoms with E-state index in [0.717, 1.165) is 7.11 Å². The number of ether oxygens (including phenoxy) is 1. The number of rotatable bonds is 4. The number of anilines is 1. The molecule has 0 amide bonds.